The van der Waals surface area contributed by atoms with E-state index < -0.39 is 11.7 Å². The van der Waals surface area contributed by atoms with Crippen LogP contribution in [0.15, 0.2) is 30.5 Å². The monoisotopic (exact) mass is 432 g/mol. The molecule has 1 saturated heterocycles. The number of fused-ring (bicyclic) bond motifs is 1. The van der Waals surface area contributed by atoms with Crippen LogP contribution in [0.1, 0.15) is 33.6 Å². The molecule has 1 aliphatic rings. The van der Waals surface area contributed by atoms with Gasteiger partial charge in [-0.3, -0.25) is 9.78 Å². The molecule has 0 bridgehead atoms. The first-order valence-corrected chi connectivity index (χ1v) is 10.6. The molecule has 2 amide bonds. The van der Waals surface area contributed by atoms with Crippen LogP contribution < -0.4 is 15.5 Å². The Balaban J connectivity index is 1.54. The molecule has 0 spiro atoms. The number of rotatable bonds is 5. The van der Waals surface area contributed by atoms with Crippen LogP contribution in [0.4, 0.5) is 10.5 Å². The van der Waals surface area contributed by atoms with E-state index in [1.54, 1.807) is 6.20 Å². The Kier molecular flexibility index (Phi) is 7.02. The van der Waals surface area contributed by atoms with Crippen molar-refractivity contribution in [3.05, 3.63) is 35.5 Å². The van der Waals surface area contributed by atoms with Gasteiger partial charge in [0.1, 0.15) is 5.60 Å². The lowest BCUT2D eigenvalue weighted by Crippen LogP contribution is -2.45. The second-order valence-corrected chi connectivity index (χ2v) is 8.93. The molecule has 3 rings (SSSR count). The molecule has 0 radical (unpaired) electrons. The van der Waals surface area contributed by atoms with Crippen molar-refractivity contribution in [2.24, 2.45) is 5.92 Å². The number of hydrogen-bond acceptors (Lipinski definition) is 5. The largest absolute Gasteiger partial charge is 0.444 e. The molecule has 0 aliphatic carbocycles. The molecule has 7 nitrogen and oxygen atoms in total. The SMILES string of the molecule is CC(C)(C)OC(=O)NCCNC(=O)C1CCCN(c2ccnc3cc(Cl)ccc23)C1. The first-order chi connectivity index (χ1) is 14.2. The fraction of sp³-hybridized carbons (Fsp3) is 0.500. The number of ether oxygens (including phenoxy) is 1. The van der Waals surface area contributed by atoms with Gasteiger partial charge in [-0.1, -0.05) is 11.6 Å². The smallest absolute Gasteiger partial charge is 0.407 e. The van der Waals surface area contributed by atoms with E-state index in [4.69, 9.17) is 16.3 Å². The highest BCUT2D eigenvalue weighted by Gasteiger charge is 2.26. The number of piperidine rings is 1. The first-order valence-electron chi connectivity index (χ1n) is 10.3. The summed E-state index contributed by atoms with van der Waals surface area (Å²) in [6, 6.07) is 7.68. The number of halogens is 1. The molecule has 1 unspecified atom stereocenters. The van der Waals surface area contributed by atoms with Crippen molar-refractivity contribution in [1.29, 1.82) is 0 Å². The Morgan fingerprint density at radius 2 is 2.00 bits per heavy atom. The van der Waals surface area contributed by atoms with E-state index in [-0.39, 0.29) is 11.8 Å². The minimum atomic E-state index is -0.540. The van der Waals surface area contributed by atoms with Crippen molar-refractivity contribution < 1.29 is 14.3 Å². The molecule has 1 aromatic heterocycles. The van der Waals surface area contributed by atoms with Crippen LogP contribution >= 0.6 is 11.6 Å². The van der Waals surface area contributed by atoms with Gasteiger partial charge in [-0.05, 0) is 57.9 Å². The van der Waals surface area contributed by atoms with Gasteiger partial charge < -0.3 is 20.3 Å². The van der Waals surface area contributed by atoms with Crippen LogP contribution in [-0.4, -0.2) is 48.8 Å². The maximum atomic E-state index is 12.6. The number of carbonyl (C=O) groups is 2. The van der Waals surface area contributed by atoms with Crippen molar-refractivity contribution in [3.63, 3.8) is 0 Å². The molecular formula is C22H29ClN4O3. The molecule has 0 saturated carbocycles. The number of hydrogen-bond donors (Lipinski definition) is 2. The van der Waals surface area contributed by atoms with Crippen LogP contribution in [-0.2, 0) is 9.53 Å². The van der Waals surface area contributed by atoms with E-state index in [1.165, 1.54) is 0 Å². The summed E-state index contributed by atoms with van der Waals surface area (Å²) in [5.41, 5.74) is 1.38. The van der Waals surface area contributed by atoms with E-state index in [2.05, 4.69) is 20.5 Å². The minimum Gasteiger partial charge on any atom is -0.444 e. The van der Waals surface area contributed by atoms with Crippen molar-refractivity contribution in [2.75, 3.05) is 31.1 Å². The second kappa shape index (κ2) is 9.51. The maximum Gasteiger partial charge on any atom is 0.407 e. The Morgan fingerprint density at radius 3 is 2.77 bits per heavy atom. The molecule has 8 heteroatoms. The molecule has 1 aromatic carbocycles. The summed E-state index contributed by atoms with van der Waals surface area (Å²) >= 11 is 6.09. The zero-order chi connectivity index (χ0) is 21.7. The van der Waals surface area contributed by atoms with E-state index >= 15 is 0 Å². The molecule has 1 fully saturated rings. The average molecular weight is 433 g/mol. The quantitative estimate of drug-likeness (QED) is 0.703. The van der Waals surface area contributed by atoms with Crippen LogP contribution in [0, 0.1) is 5.92 Å². The number of nitrogens with zero attached hydrogens (tertiary/aromatic N) is 2. The topological polar surface area (TPSA) is 83.6 Å². The Hall–Kier alpha value is -2.54. The van der Waals surface area contributed by atoms with Gasteiger partial charge >= 0.3 is 6.09 Å². The summed E-state index contributed by atoms with van der Waals surface area (Å²) in [7, 11) is 0. The average Bonchev–Trinajstić information content (AvgIpc) is 2.69. The molecular weight excluding hydrogens is 404 g/mol. The number of amides is 2. The lowest BCUT2D eigenvalue weighted by Gasteiger charge is -2.34. The highest BCUT2D eigenvalue weighted by molar-refractivity contribution is 6.31. The Labute approximate surface area is 182 Å². The number of carbonyl (C=O) groups excluding carboxylic acids is 2. The van der Waals surface area contributed by atoms with Gasteiger partial charge in [0.25, 0.3) is 0 Å². The summed E-state index contributed by atoms with van der Waals surface area (Å²) in [5.74, 6) is -0.0945. The van der Waals surface area contributed by atoms with Crippen LogP contribution in [0.2, 0.25) is 5.02 Å². The minimum absolute atomic E-state index is 0.00657. The normalized spacial score (nSPS) is 16.9. The third kappa shape index (κ3) is 5.98. The fourth-order valence-corrected chi connectivity index (χ4v) is 3.77. The van der Waals surface area contributed by atoms with Gasteiger partial charge in [0.15, 0.2) is 0 Å². The highest BCUT2D eigenvalue weighted by Crippen LogP contribution is 2.30. The molecule has 1 aliphatic heterocycles. The van der Waals surface area contributed by atoms with Crippen molar-refractivity contribution in [1.82, 2.24) is 15.6 Å². The zero-order valence-electron chi connectivity index (χ0n) is 17.7. The van der Waals surface area contributed by atoms with Gasteiger partial charge in [0.2, 0.25) is 5.91 Å². The number of alkyl carbamates (subject to hydrolysis) is 1. The third-order valence-electron chi connectivity index (χ3n) is 4.91. The van der Waals surface area contributed by atoms with Crippen molar-refractivity contribution in [2.45, 2.75) is 39.2 Å². The summed E-state index contributed by atoms with van der Waals surface area (Å²) in [5, 5.41) is 7.26. The number of anilines is 1. The van der Waals surface area contributed by atoms with E-state index in [1.807, 2.05) is 45.0 Å². The summed E-state index contributed by atoms with van der Waals surface area (Å²) in [4.78, 5) is 31.0. The molecule has 162 valence electrons. The first kappa shape index (κ1) is 22.2. The third-order valence-corrected chi connectivity index (χ3v) is 5.14. The van der Waals surface area contributed by atoms with Crippen molar-refractivity contribution in [3.8, 4) is 0 Å². The van der Waals surface area contributed by atoms with E-state index in [0.29, 0.717) is 24.7 Å². The van der Waals surface area contributed by atoms with Gasteiger partial charge in [-0.15, -0.1) is 0 Å². The molecule has 2 N–H and O–H groups in total. The number of pyridine rings is 1. The number of benzene rings is 1. The predicted molar refractivity (Wildman–Crippen MR) is 119 cm³/mol. The maximum absolute atomic E-state index is 12.6. The predicted octanol–water partition coefficient (Wildman–Crippen LogP) is 3.75. The van der Waals surface area contributed by atoms with Crippen LogP contribution in [0.5, 0.6) is 0 Å². The molecule has 2 heterocycles. The van der Waals surface area contributed by atoms with Crippen LogP contribution in [0.3, 0.4) is 0 Å². The molecule has 2 aromatic rings. The van der Waals surface area contributed by atoms with E-state index in [0.717, 1.165) is 36.0 Å². The highest BCUT2D eigenvalue weighted by atomic mass is 35.5. The van der Waals surface area contributed by atoms with E-state index in [9.17, 15) is 9.59 Å². The van der Waals surface area contributed by atoms with Gasteiger partial charge in [-0.2, -0.15) is 0 Å². The lowest BCUT2D eigenvalue weighted by atomic mass is 9.96. The number of aromatic nitrogens is 1. The zero-order valence-corrected chi connectivity index (χ0v) is 18.5. The fourth-order valence-electron chi connectivity index (χ4n) is 3.60. The lowest BCUT2D eigenvalue weighted by molar-refractivity contribution is -0.125. The standard InChI is InChI=1S/C22H29ClN4O3/c1-22(2,3)30-21(29)26-11-10-25-20(28)15-5-4-12-27(14-15)19-8-9-24-18-13-16(23)6-7-17(18)19/h6-9,13,15H,4-5,10-12,14H2,1-3H3,(H,25,28)(H,26,29). The second-order valence-electron chi connectivity index (χ2n) is 8.50. The molecule has 1 atom stereocenters. The molecule has 30 heavy (non-hydrogen) atoms. The number of nitrogens with one attached hydrogen (secondary N) is 2. The van der Waals surface area contributed by atoms with Crippen LogP contribution in [0.25, 0.3) is 10.9 Å². The summed E-state index contributed by atoms with van der Waals surface area (Å²) < 4.78 is 5.18. The van der Waals surface area contributed by atoms with Gasteiger partial charge in [-0.25, -0.2) is 4.79 Å². The Bertz CT molecular complexity index is 913. The van der Waals surface area contributed by atoms with Gasteiger partial charge in [0, 0.05) is 48.5 Å². The van der Waals surface area contributed by atoms with Crippen molar-refractivity contribution >= 4 is 40.2 Å². The summed E-state index contributed by atoms with van der Waals surface area (Å²) in [6.45, 7) is 7.66. The Morgan fingerprint density at radius 1 is 1.23 bits per heavy atom. The summed E-state index contributed by atoms with van der Waals surface area (Å²) in [6.07, 6.45) is 3.08. The van der Waals surface area contributed by atoms with Gasteiger partial charge in [0.05, 0.1) is 11.4 Å².